The highest BCUT2D eigenvalue weighted by Gasteiger charge is 2.44. The van der Waals surface area contributed by atoms with E-state index in [2.05, 4.69) is 84.5 Å². The summed E-state index contributed by atoms with van der Waals surface area (Å²) >= 11 is 0. The maximum Gasteiger partial charge on any atom is 0.293 e. The summed E-state index contributed by atoms with van der Waals surface area (Å²) in [4.78, 5) is 54.3. The summed E-state index contributed by atoms with van der Waals surface area (Å²) in [7, 11) is 7.78. The first-order chi connectivity index (χ1) is 31.2. The summed E-state index contributed by atoms with van der Waals surface area (Å²) in [6.07, 6.45) is 8.76. The van der Waals surface area contributed by atoms with Gasteiger partial charge in [-0.3, -0.25) is 29.3 Å². The van der Waals surface area contributed by atoms with Gasteiger partial charge < -0.3 is 34.6 Å². The Hall–Kier alpha value is -4.76. The molecule has 2 aromatic carbocycles. The van der Waals surface area contributed by atoms with E-state index in [1.54, 1.807) is 24.3 Å². The summed E-state index contributed by atoms with van der Waals surface area (Å²) in [5.41, 5.74) is 10.8. The molecule has 3 aromatic rings. The molecule has 2 amide bonds. The van der Waals surface area contributed by atoms with Crippen LogP contribution in [0.15, 0.2) is 48.7 Å². The molecule has 1 aliphatic carbocycles. The first-order valence-electron chi connectivity index (χ1n) is 24.0. The van der Waals surface area contributed by atoms with E-state index in [0.29, 0.717) is 26.0 Å². The van der Waals surface area contributed by atoms with Gasteiger partial charge in [0.15, 0.2) is 0 Å². The molecular formula is C51H74N8O6. The number of aromatic nitrogens is 1. The van der Waals surface area contributed by atoms with Crippen LogP contribution in [0.5, 0.6) is 5.75 Å². The number of likely N-dealkylation sites (N-methyl/N-ethyl adjacent to an activating group) is 3. The summed E-state index contributed by atoms with van der Waals surface area (Å²) in [5.74, 6) is -0.00883. The summed E-state index contributed by atoms with van der Waals surface area (Å²) in [6.45, 7) is 15.2. The third kappa shape index (κ3) is 11.1. The van der Waals surface area contributed by atoms with E-state index >= 15 is 0 Å². The number of aromatic hydroxyl groups is 1. The number of piperazine rings is 1. The predicted molar refractivity (Wildman–Crippen MR) is 256 cm³/mol. The number of carbonyl (C=O) groups excluding carboxylic acids is 3. The van der Waals surface area contributed by atoms with Crippen LogP contribution in [0.3, 0.4) is 0 Å². The lowest BCUT2D eigenvalue weighted by Crippen LogP contribution is -2.58. The van der Waals surface area contributed by atoms with Crippen LogP contribution in [0.4, 0.5) is 11.4 Å². The number of nitrogens with one attached hydrogen (secondary N) is 2. The van der Waals surface area contributed by atoms with E-state index in [1.165, 1.54) is 0 Å². The Morgan fingerprint density at radius 1 is 1.00 bits per heavy atom. The number of hydrazine groups is 1. The fraction of sp³-hybridized carbons (Fsp3) is 0.608. The van der Waals surface area contributed by atoms with E-state index < -0.39 is 6.04 Å². The van der Waals surface area contributed by atoms with Crippen molar-refractivity contribution >= 4 is 29.7 Å². The Kier molecular flexibility index (Phi) is 15.8. The number of phenols is 1. The van der Waals surface area contributed by atoms with Gasteiger partial charge in [-0.15, -0.1) is 0 Å². The largest absolute Gasteiger partial charge is 0.508 e. The molecule has 3 aliphatic heterocycles. The number of fused-ring (bicyclic) bond motifs is 1. The molecule has 7 rings (SSSR count). The van der Waals surface area contributed by atoms with Crippen molar-refractivity contribution in [1.29, 1.82) is 0 Å². The molecule has 3 N–H and O–H groups in total. The van der Waals surface area contributed by atoms with Gasteiger partial charge in [0.25, 0.3) is 12.4 Å². The molecule has 1 aromatic heterocycles. The van der Waals surface area contributed by atoms with E-state index in [1.807, 2.05) is 31.3 Å². The molecule has 5 unspecified atom stereocenters. The number of pyridine rings is 1. The number of hydrogen-bond donors (Lipinski definition) is 3. The molecule has 0 spiro atoms. The van der Waals surface area contributed by atoms with E-state index in [4.69, 9.17) is 14.5 Å². The highest BCUT2D eigenvalue weighted by atomic mass is 16.5. The quantitative estimate of drug-likeness (QED) is 0.121. The number of rotatable bonds is 18. The van der Waals surface area contributed by atoms with Crippen LogP contribution >= 0.6 is 0 Å². The van der Waals surface area contributed by atoms with Crippen molar-refractivity contribution in [1.82, 2.24) is 30.5 Å². The smallest absolute Gasteiger partial charge is 0.293 e. The number of methoxy groups -OCH3 is 1. The fourth-order valence-corrected chi connectivity index (χ4v) is 11.0. The van der Waals surface area contributed by atoms with Gasteiger partial charge in [-0.2, -0.15) is 0 Å². The number of benzene rings is 2. The van der Waals surface area contributed by atoms with E-state index in [9.17, 15) is 19.5 Å². The molecule has 1 saturated carbocycles. The number of carbonyl (C=O) groups is 3. The Labute approximate surface area is 387 Å². The van der Waals surface area contributed by atoms with Gasteiger partial charge in [0.2, 0.25) is 5.91 Å². The minimum Gasteiger partial charge on any atom is -0.508 e. The Bertz CT molecular complexity index is 2110. The molecule has 354 valence electrons. The number of anilines is 2. The second kappa shape index (κ2) is 21.3. The van der Waals surface area contributed by atoms with E-state index in [-0.39, 0.29) is 66.0 Å². The number of phenolic OH excluding ortho intramolecular Hbond substituents is 1. The number of ether oxygens (including phenoxy) is 2. The van der Waals surface area contributed by atoms with Crippen LogP contribution in [0, 0.1) is 11.3 Å². The Morgan fingerprint density at radius 3 is 2.42 bits per heavy atom. The zero-order valence-corrected chi connectivity index (χ0v) is 40.1. The second-order valence-electron chi connectivity index (χ2n) is 19.9. The van der Waals surface area contributed by atoms with Crippen molar-refractivity contribution in [3.05, 3.63) is 71.0 Å². The van der Waals surface area contributed by atoms with Gasteiger partial charge >= 0.3 is 0 Å². The first-order valence-corrected chi connectivity index (χ1v) is 24.0. The average Bonchev–Trinajstić information content (AvgIpc) is 3.93. The molecule has 5 atom stereocenters. The van der Waals surface area contributed by atoms with Crippen LogP contribution < -0.4 is 20.5 Å². The Balaban J connectivity index is 1.27. The molecule has 3 fully saturated rings. The van der Waals surface area contributed by atoms with Crippen molar-refractivity contribution in [2.24, 2.45) is 11.3 Å². The normalized spacial score (nSPS) is 21.0. The SMILES string of the molecule is CCN1c2ccc(-c3cc(O)cc(CC(NC(=O)C(C4CCCC4)N(C)C)C(=O)N4CCCCN4)c3)cc2C(CC(C)(C)COC=O)C1c1cc(N2CCN(C)CC2)cnc1C(C)OC. The van der Waals surface area contributed by atoms with Gasteiger partial charge in [0.1, 0.15) is 11.8 Å². The van der Waals surface area contributed by atoms with E-state index in [0.717, 1.165) is 116 Å². The highest BCUT2D eigenvalue weighted by Crippen LogP contribution is 2.55. The maximum atomic E-state index is 14.3. The molecular weight excluding hydrogens is 821 g/mol. The first kappa shape index (κ1) is 48.2. The van der Waals surface area contributed by atoms with Crippen LogP contribution in [0.25, 0.3) is 11.1 Å². The summed E-state index contributed by atoms with van der Waals surface area (Å²) in [5, 5.41) is 16.2. The summed E-state index contributed by atoms with van der Waals surface area (Å²) < 4.78 is 11.4. The fourth-order valence-electron chi connectivity index (χ4n) is 11.0. The molecule has 65 heavy (non-hydrogen) atoms. The third-order valence-corrected chi connectivity index (χ3v) is 14.4. The van der Waals surface area contributed by atoms with Gasteiger partial charge in [0.05, 0.1) is 42.4 Å². The number of amides is 2. The van der Waals surface area contributed by atoms with Crippen LogP contribution in [-0.4, -0.2) is 136 Å². The molecule has 0 radical (unpaired) electrons. The van der Waals surface area contributed by atoms with Gasteiger partial charge in [-0.25, -0.2) is 5.43 Å². The predicted octanol–water partition coefficient (Wildman–Crippen LogP) is 6.44. The lowest BCUT2D eigenvalue weighted by atomic mass is 9.76. The molecule has 14 heteroatoms. The lowest BCUT2D eigenvalue weighted by Gasteiger charge is -2.37. The Morgan fingerprint density at radius 2 is 1.75 bits per heavy atom. The third-order valence-electron chi connectivity index (χ3n) is 14.4. The standard InChI is InChI=1S/C51H74N8O6/c1-9-58-45-17-16-37(38-24-35(25-40(61)27-38)26-44(50(63)59-19-13-12-18-53-59)54-49(62)47(55(5)6)36-14-10-11-15-36)28-41(45)43(30-51(3,4)32-65-33-60)48(58)42-29-39(31-52-46(42)34(2)64-8)57-22-20-56(7)21-23-57/h16-17,24-25,27-29,31,33-34,36,43-44,47-48,53,61H,9-15,18-23,26,30,32H2,1-8H3,(H,54,62). The summed E-state index contributed by atoms with van der Waals surface area (Å²) in [6, 6.07) is 13.2. The second-order valence-corrected chi connectivity index (χ2v) is 19.9. The monoisotopic (exact) mass is 895 g/mol. The molecule has 2 saturated heterocycles. The van der Waals surface area contributed by atoms with Crippen molar-refractivity contribution in [3.8, 4) is 16.9 Å². The lowest BCUT2D eigenvalue weighted by molar-refractivity contribution is -0.141. The van der Waals surface area contributed by atoms with Crippen molar-refractivity contribution in [3.63, 3.8) is 0 Å². The van der Waals surface area contributed by atoms with Crippen molar-refractivity contribution in [2.75, 3.05) is 90.5 Å². The zero-order chi connectivity index (χ0) is 46.4. The number of nitrogens with zero attached hydrogens (tertiary/aromatic N) is 6. The van der Waals surface area contributed by atoms with Crippen molar-refractivity contribution < 1.29 is 29.0 Å². The molecule has 14 nitrogen and oxygen atoms in total. The van der Waals surface area contributed by atoms with Crippen LogP contribution in [-0.2, 0) is 30.3 Å². The van der Waals surface area contributed by atoms with Gasteiger partial charge in [-0.05, 0) is 131 Å². The van der Waals surface area contributed by atoms with Gasteiger partial charge in [-0.1, -0.05) is 38.8 Å². The molecule has 4 heterocycles. The minimum atomic E-state index is -0.829. The van der Waals surface area contributed by atoms with Crippen molar-refractivity contribution in [2.45, 2.75) is 109 Å². The number of hydrogen-bond acceptors (Lipinski definition) is 12. The average molecular weight is 895 g/mol. The zero-order valence-electron chi connectivity index (χ0n) is 40.1. The van der Waals surface area contributed by atoms with Gasteiger partial charge in [0, 0.05) is 76.5 Å². The topological polar surface area (TPSA) is 143 Å². The minimum absolute atomic E-state index is 0.0296. The van der Waals surface area contributed by atoms with Crippen LogP contribution in [0.2, 0.25) is 0 Å². The highest BCUT2D eigenvalue weighted by molar-refractivity contribution is 5.90. The van der Waals surface area contributed by atoms with Crippen LogP contribution in [0.1, 0.15) is 113 Å². The maximum absolute atomic E-state index is 14.3. The molecule has 0 bridgehead atoms. The molecule has 4 aliphatic rings.